The zero-order chi connectivity index (χ0) is 62.1. The van der Waals surface area contributed by atoms with Gasteiger partial charge in [-0.25, -0.2) is 0 Å². The molecule has 6 aliphatic carbocycles. The van der Waals surface area contributed by atoms with Crippen LogP contribution in [0.15, 0.2) is 30.3 Å². The third kappa shape index (κ3) is 48.0. The minimum absolute atomic E-state index is 0.0712. The fourth-order valence-corrected chi connectivity index (χ4v) is 11.8. The molecule has 0 heterocycles. The maximum absolute atomic E-state index is 8.08. The van der Waals surface area contributed by atoms with E-state index in [2.05, 4.69) is 148 Å². The zero-order valence-electron chi connectivity index (χ0n) is 61.4. The van der Waals surface area contributed by atoms with Crippen molar-refractivity contribution in [2.45, 2.75) is 365 Å². The van der Waals surface area contributed by atoms with Gasteiger partial charge < -0.3 is 0 Å². The van der Waals surface area contributed by atoms with Crippen LogP contribution in [-0.4, -0.2) is 0 Å². The van der Waals surface area contributed by atoms with Crippen molar-refractivity contribution in [1.29, 1.82) is 0 Å². The van der Waals surface area contributed by atoms with E-state index in [0.717, 1.165) is 72.0 Å². The van der Waals surface area contributed by atoms with Gasteiger partial charge in [-0.3, -0.25) is 0 Å². The summed E-state index contributed by atoms with van der Waals surface area (Å²) in [6.07, 6.45) is 40.4. The molecule has 6 aliphatic rings. The quantitative estimate of drug-likeness (QED) is 0.216. The van der Waals surface area contributed by atoms with Gasteiger partial charge in [0.15, 0.2) is 0 Å². The summed E-state index contributed by atoms with van der Waals surface area (Å²) in [6, 6.07) is 10.6. The van der Waals surface area contributed by atoms with E-state index in [9.17, 15) is 0 Å². The molecule has 0 atom stereocenters. The van der Waals surface area contributed by atoms with Crippen LogP contribution in [0.1, 0.15) is 370 Å². The monoisotopic (exact) mass is 1070 g/mol. The Bertz CT molecular complexity index is 1420. The van der Waals surface area contributed by atoms with Gasteiger partial charge in [0.2, 0.25) is 0 Å². The average molecular weight is 1070 g/mol. The Morgan fingerprint density at radius 3 is 0.921 bits per heavy atom. The van der Waals surface area contributed by atoms with E-state index in [4.69, 9.17) is 5.48 Å². The van der Waals surface area contributed by atoms with Crippen LogP contribution in [0.2, 0.25) is 0 Å². The van der Waals surface area contributed by atoms with Crippen LogP contribution >= 0.6 is 0 Å². The second-order valence-corrected chi connectivity index (χ2v) is 29.2. The van der Waals surface area contributed by atoms with Gasteiger partial charge in [-0.05, 0) is 119 Å². The molecule has 0 radical (unpaired) electrons. The second-order valence-electron chi connectivity index (χ2n) is 29.2. The molecule has 1 aromatic carbocycles. The predicted molar refractivity (Wildman–Crippen MR) is 355 cm³/mol. The molecular formula is C76H152. The Labute approximate surface area is 492 Å². The van der Waals surface area contributed by atoms with Crippen molar-refractivity contribution in [3.05, 3.63) is 35.9 Å². The summed E-state index contributed by atoms with van der Waals surface area (Å²) in [5.41, 5.74) is 1.89. The van der Waals surface area contributed by atoms with E-state index in [0.29, 0.717) is 11.3 Å². The molecule has 0 unspecified atom stereocenters. The Morgan fingerprint density at radius 1 is 0.434 bits per heavy atom. The molecule has 0 aromatic heterocycles. The van der Waals surface area contributed by atoms with Crippen LogP contribution in [0.3, 0.4) is 0 Å². The summed E-state index contributed by atoms with van der Waals surface area (Å²) < 4.78 is 30.1. The third-order valence-electron chi connectivity index (χ3n) is 17.5. The molecule has 0 amide bonds. The normalized spacial score (nSPS) is 20.6. The molecule has 7 rings (SSSR count). The summed E-state index contributed by atoms with van der Waals surface area (Å²) in [5, 5.41) is 0. The predicted octanol–water partition coefficient (Wildman–Crippen LogP) is 27.4. The molecule has 0 aliphatic heterocycles. The first kappa shape index (κ1) is 71.3. The largest absolute Gasteiger partial charge is 0.0656 e. The van der Waals surface area contributed by atoms with E-state index in [1.54, 1.807) is 0 Å². The first-order valence-corrected chi connectivity index (χ1v) is 34.1. The van der Waals surface area contributed by atoms with E-state index in [-0.39, 0.29) is 23.6 Å². The van der Waals surface area contributed by atoms with Crippen LogP contribution < -0.4 is 0 Å². The van der Waals surface area contributed by atoms with Gasteiger partial charge in [-0.2, -0.15) is 0 Å². The molecule has 456 valence electrons. The molecule has 0 spiro atoms. The van der Waals surface area contributed by atoms with E-state index >= 15 is 0 Å². The topological polar surface area (TPSA) is 0 Å². The van der Waals surface area contributed by atoms with Crippen molar-refractivity contribution in [1.82, 2.24) is 0 Å². The van der Waals surface area contributed by atoms with E-state index in [1.807, 2.05) is 48.5 Å². The lowest BCUT2D eigenvalue weighted by Crippen LogP contribution is -2.18. The molecule has 76 heavy (non-hydrogen) atoms. The highest BCUT2D eigenvalue weighted by Gasteiger charge is 2.31. The van der Waals surface area contributed by atoms with Crippen molar-refractivity contribution >= 4 is 0 Å². The van der Waals surface area contributed by atoms with Crippen molar-refractivity contribution in [2.75, 3.05) is 0 Å². The van der Waals surface area contributed by atoms with Gasteiger partial charge in [0.1, 0.15) is 0 Å². The van der Waals surface area contributed by atoms with Crippen molar-refractivity contribution in [2.24, 2.45) is 87.7 Å². The molecule has 0 saturated heterocycles. The van der Waals surface area contributed by atoms with E-state index in [1.165, 1.54) is 179 Å². The van der Waals surface area contributed by atoms with Crippen molar-refractivity contribution in [3.8, 4) is 0 Å². The van der Waals surface area contributed by atoms with Gasteiger partial charge in [0.05, 0.1) is 0 Å². The van der Waals surface area contributed by atoms with Crippen molar-refractivity contribution in [3.63, 3.8) is 0 Å². The highest BCUT2D eigenvalue weighted by atomic mass is 14.4. The zero-order valence-corrected chi connectivity index (χ0v) is 57.4. The number of benzene rings is 1. The molecular weight excluding hydrogens is 913 g/mol. The summed E-state index contributed by atoms with van der Waals surface area (Å²) >= 11 is 0. The van der Waals surface area contributed by atoms with E-state index < -0.39 is 6.37 Å². The van der Waals surface area contributed by atoms with Gasteiger partial charge in [0, 0.05) is 5.48 Å². The summed E-state index contributed by atoms with van der Waals surface area (Å²) in [5.74, 6) is 10.2. The van der Waals surface area contributed by atoms with Crippen LogP contribution in [0.4, 0.5) is 0 Å². The number of hydrogen-bond acceptors (Lipinski definition) is 0. The molecule has 0 bridgehead atoms. The first-order chi connectivity index (χ1) is 37.1. The molecule has 1 aromatic rings. The molecule has 0 N–H and O–H groups in total. The lowest BCUT2D eigenvalue weighted by molar-refractivity contribution is 0.228. The Kier molecular flexibility index (Phi) is 46.9. The summed E-state index contributed by atoms with van der Waals surface area (Å²) in [6.45, 7) is 52.3. The number of rotatable bonds is 9. The van der Waals surface area contributed by atoms with Crippen LogP contribution in [0.25, 0.3) is 0 Å². The summed E-state index contributed by atoms with van der Waals surface area (Å²) in [4.78, 5) is 0. The van der Waals surface area contributed by atoms with Gasteiger partial charge in [0.25, 0.3) is 0 Å². The number of hydrogen-bond donors (Lipinski definition) is 0. The Morgan fingerprint density at radius 2 is 0.724 bits per heavy atom. The highest BCUT2D eigenvalue weighted by Crippen LogP contribution is 2.43. The van der Waals surface area contributed by atoms with Crippen LogP contribution in [0.5, 0.6) is 0 Å². The molecule has 6 fully saturated rings. The maximum atomic E-state index is 8.08. The fraction of sp³-hybridized carbons (Fsp3) is 0.921. The van der Waals surface area contributed by atoms with Gasteiger partial charge in [-0.15, -0.1) is 0 Å². The average Bonchev–Trinajstić information content (AvgIpc) is 4.00. The molecule has 6 saturated carbocycles. The Balaban J connectivity index is -0.000000834. The van der Waals surface area contributed by atoms with Gasteiger partial charge >= 0.3 is 0 Å². The molecule has 0 nitrogen and oxygen atoms in total. The van der Waals surface area contributed by atoms with Gasteiger partial charge in [-0.1, -0.05) is 370 Å². The maximum Gasteiger partial charge on any atom is 0.0305 e. The lowest BCUT2D eigenvalue weighted by atomic mass is 9.78. The van der Waals surface area contributed by atoms with Crippen molar-refractivity contribution < 1.29 is 5.48 Å². The fourth-order valence-electron chi connectivity index (χ4n) is 11.8. The first-order valence-electron chi connectivity index (χ1n) is 36.2. The lowest BCUT2D eigenvalue weighted by Gasteiger charge is -2.28. The third-order valence-corrected chi connectivity index (χ3v) is 17.5. The van der Waals surface area contributed by atoms with Crippen LogP contribution in [0, 0.1) is 87.7 Å². The Hall–Kier alpha value is -0.780. The standard InChI is InChI=1S/C10H14.C10H20.3C9H18.C8H16.C8H18.C7H14.2C3H8/c1-9(2)8-10-6-4-3-5-7-10;1-9(2)10-7-5-3-4-6-8-10;1-8(2)9(3)6-4-5-7-9;2*1-8(2)9-6-4-3-5-7-9;1-7(2)8-5-3-4-6-8;1-7(2)6-8(3,4)5;1-6(2)7-4-3-5-7;2*1-3-2/h3-7,9H,8H2,1-2H3;9-10H,3-8H2,1-2H3;8H,4-7H2,1-3H3;2*8-9H,3-7H2,1-2H3;7-8H,3-6H2,1-2H3;7H,6H2,1-5H3;6-7H,3-5H2,1-2H3;2*3H2,1-2H3/i;;;9D;;;6D2;;3D;. The SMILES string of the molecule is CC(C)C1(C)CCCC1.CC(C)C1CCC1.CC(C)C1CCCC1.CC(C)C1CCCCC1.CC(C)C1CCCCCC1.CC(C)Cc1ccccc1.CCC.[2H]C(C)C.[2H]C([2H])(C(C)C)C(C)(C)C.[2H]C1(C(C)C)CCCCC1. The summed E-state index contributed by atoms with van der Waals surface area (Å²) in [7, 11) is 0. The minimum atomic E-state index is -1.06. The highest BCUT2D eigenvalue weighted by molar-refractivity contribution is 5.14. The van der Waals surface area contributed by atoms with Crippen LogP contribution in [-0.2, 0) is 6.42 Å². The smallest absolute Gasteiger partial charge is 0.0305 e. The minimum Gasteiger partial charge on any atom is -0.0656 e. The molecule has 0 heteroatoms. The second kappa shape index (κ2) is 50.0.